The molecule has 1 aliphatic rings. The number of aromatic nitrogens is 6. The van der Waals surface area contributed by atoms with Crippen molar-refractivity contribution in [1.82, 2.24) is 38.9 Å². The summed E-state index contributed by atoms with van der Waals surface area (Å²) in [5, 5.41) is 8.43. The van der Waals surface area contributed by atoms with E-state index in [0.29, 0.717) is 12.3 Å². The molecule has 2 atom stereocenters. The third-order valence-electron chi connectivity index (χ3n) is 8.10. The summed E-state index contributed by atoms with van der Waals surface area (Å²) < 4.78 is 31.8. The Kier molecular flexibility index (Phi) is 7.39. The van der Waals surface area contributed by atoms with Crippen LogP contribution in [0.25, 0.3) is 16.9 Å². The predicted molar refractivity (Wildman–Crippen MR) is 155 cm³/mol. The second-order valence-corrected chi connectivity index (χ2v) is 11.1. The van der Waals surface area contributed by atoms with E-state index in [4.69, 9.17) is 9.97 Å². The molecule has 1 aliphatic heterocycles. The monoisotopic (exact) mass is 559 g/mol. The molecule has 0 N–H and O–H groups in total. The first-order valence-corrected chi connectivity index (χ1v) is 14.1. The van der Waals surface area contributed by atoms with Gasteiger partial charge in [0.15, 0.2) is 11.5 Å². The maximum atomic E-state index is 13.9. The summed E-state index contributed by atoms with van der Waals surface area (Å²) in [5.41, 5.74) is 3.69. The zero-order valence-electron chi connectivity index (χ0n) is 23.8. The quantitative estimate of drug-likeness (QED) is 0.279. The summed E-state index contributed by atoms with van der Waals surface area (Å²) >= 11 is 0. The minimum Gasteiger partial charge on any atom is -0.349 e. The first-order valence-electron chi connectivity index (χ1n) is 14.1. The molecule has 0 bridgehead atoms. The number of nitrogens with zero attached hydrogens (tertiary/aromatic N) is 9. The van der Waals surface area contributed by atoms with Crippen LogP contribution in [0.3, 0.4) is 0 Å². The SMILES string of the molecule is CC[C@@H]1CN(c2nc3nncn3c3c2ncn3CCN(C)C)[C@@H](C)CN1C(c1ccc(F)cc1)c1ccc(F)cc1. The lowest BCUT2D eigenvalue weighted by atomic mass is 9.92. The van der Waals surface area contributed by atoms with Gasteiger partial charge in [-0.2, -0.15) is 4.98 Å². The number of rotatable bonds is 8. The molecule has 6 rings (SSSR count). The summed E-state index contributed by atoms with van der Waals surface area (Å²) in [6.07, 6.45) is 4.44. The van der Waals surface area contributed by atoms with Crippen molar-refractivity contribution in [3.8, 4) is 0 Å². The van der Waals surface area contributed by atoms with E-state index < -0.39 is 0 Å². The van der Waals surface area contributed by atoms with E-state index >= 15 is 0 Å². The largest absolute Gasteiger partial charge is 0.349 e. The van der Waals surface area contributed by atoms with E-state index in [2.05, 4.69) is 57.4 Å². The van der Waals surface area contributed by atoms with Crippen molar-refractivity contribution in [3.63, 3.8) is 0 Å². The number of anilines is 1. The van der Waals surface area contributed by atoms with E-state index in [-0.39, 0.29) is 29.8 Å². The molecule has 214 valence electrons. The van der Waals surface area contributed by atoms with E-state index in [1.807, 2.05) is 35.0 Å². The lowest BCUT2D eigenvalue weighted by molar-refractivity contribution is 0.115. The molecule has 0 aliphatic carbocycles. The molecular formula is C30H35F2N9. The van der Waals surface area contributed by atoms with Gasteiger partial charge in [-0.05, 0) is 62.8 Å². The molecule has 9 nitrogen and oxygen atoms in total. The van der Waals surface area contributed by atoms with Crippen molar-refractivity contribution in [1.29, 1.82) is 0 Å². The van der Waals surface area contributed by atoms with E-state index in [0.717, 1.165) is 54.2 Å². The summed E-state index contributed by atoms with van der Waals surface area (Å²) in [6.45, 7) is 7.45. The Bertz CT molecular complexity index is 1580. The van der Waals surface area contributed by atoms with Gasteiger partial charge in [0.1, 0.15) is 23.5 Å². The average molecular weight is 560 g/mol. The third kappa shape index (κ3) is 5.15. The average Bonchev–Trinajstić information content (AvgIpc) is 3.61. The number of likely N-dealkylation sites (N-methyl/N-ethyl adjacent to an activating group) is 1. The van der Waals surface area contributed by atoms with Gasteiger partial charge in [-0.3, -0.25) is 4.90 Å². The Balaban J connectivity index is 1.39. The van der Waals surface area contributed by atoms with Crippen molar-refractivity contribution in [2.45, 2.75) is 44.9 Å². The molecule has 1 saturated heterocycles. The second-order valence-electron chi connectivity index (χ2n) is 11.1. The smallest absolute Gasteiger partial charge is 0.258 e. The Morgan fingerprint density at radius 1 is 0.951 bits per heavy atom. The molecule has 2 aromatic carbocycles. The Hall–Kier alpha value is -3.96. The Morgan fingerprint density at radius 3 is 2.22 bits per heavy atom. The Morgan fingerprint density at radius 2 is 1.61 bits per heavy atom. The normalized spacial score (nSPS) is 18.4. The third-order valence-corrected chi connectivity index (χ3v) is 8.10. The number of hydrogen-bond acceptors (Lipinski definition) is 7. The lowest BCUT2D eigenvalue weighted by Crippen LogP contribution is -2.58. The molecule has 0 amide bonds. The van der Waals surface area contributed by atoms with Crippen LogP contribution in [-0.4, -0.2) is 84.7 Å². The topological polar surface area (TPSA) is 70.6 Å². The summed E-state index contributed by atoms with van der Waals surface area (Å²) in [7, 11) is 4.11. The molecule has 5 aromatic rings. The highest BCUT2D eigenvalue weighted by molar-refractivity contribution is 5.86. The van der Waals surface area contributed by atoms with Gasteiger partial charge in [-0.15, -0.1) is 10.2 Å². The van der Waals surface area contributed by atoms with Crippen LogP contribution in [0.15, 0.2) is 61.2 Å². The number of fused-ring (bicyclic) bond motifs is 3. The van der Waals surface area contributed by atoms with Gasteiger partial charge in [0, 0.05) is 38.3 Å². The van der Waals surface area contributed by atoms with Crippen LogP contribution in [0, 0.1) is 11.6 Å². The zero-order chi connectivity index (χ0) is 28.7. The van der Waals surface area contributed by atoms with Crippen molar-refractivity contribution >= 4 is 22.8 Å². The predicted octanol–water partition coefficient (Wildman–Crippen LogP) is 4.39. The fourth-order valence-electron chi connectivity index (χ4n) is 5.97. The summed E-state index contributed by atoms with van der Waals surface area (Å²) in [6, 6.07) is 13.4. The van der Waals surface area contributed by atoms with Gasteiger partial charge in [0.2, 0.25) is 0 Å². The summed E-state index contributed by atoms with van der Waals surface area (Å²) in [4.78, 5) is 16.7. The van der Waals surface area contributed by atoms with Crippen LogP contribution in [0.2, 0.25) is 0 Å². The lowest BCUT2D eigenvalue weighted by Gasteiger charge is -2.49. The Labute approximate surface area is 238 Å². The van der Waals surface area contributed by atoms with Gasteiger partial charge in [-0.1, -0.05) is 31.2 Å². The minimum atomic E-state index is -0.277. The molecule has 0 saturated carbocycles. The minimum absolute atomic E-state index is 0.0780. The maximum absolute atomic E-state index is 13.9. The summed E-state index contributed by atoms with van der Waals surface area (Å²) in [5.74, 6) is 0.786. The molecule has 0 radical (unpaired) electrons. The van der Waals surface area contributed by atoms with Gasteiger partial charge in [-0.25, -0.2) is 18.2 Å². The fraction of sp³-hybridized carbons (Fsp3) is 0.400. The van der Waals surface area contributed by atoms with Crippen LogP contribution >= 0.6 is 0 Å². The fourth-order valence-corrected chi connectivity index (χ4v) is 5.97. The van der Waals surface area contributed by atoms with E-state index in [1.54, 1.807) is 6.33 Å². The second kappa shape index (κ2) is 11.1. The van der Waals surface area contributed by atoms with Crippen LogP contribution < -0.4 is 4.90 Å². The molecule has 11 heteroatoms. The zero-order valence-corrected chi connectivity index (χ0v) is 23.8. The van der Waals surface area contributed by atoms with Crippen molar-refractivity contribution in [3.05, 3.63) is 83.9 Å². The molecule has 4 heterocycles. The van der Waals surface area contributed by atoms with E-state index in [1.165, 1.54) is 24.3 Å². The van der Waals surface area contributed by atoms with Gasteiger partial charge < -0.3 is 14.4 Å². The van der Waals surface area contributed by atoms with Crippen LogP contribution in [0.5, 0.6) is 0 Å². The highest BCUT2D eigenvalue weighted by Gasteiger charge is 2.38. The van der Waals surface area contributed by atoms with Crippen molar-refractivity contribution < 1.29 is 8.78 Å². The first-order chi connectivity index (χ1) is 19.8. The number of hydrogen-bond donors (Lipinski definition) is 0. The highest BCUT2D eigenvalue weighted by Crippen LogP contribution is 2.37. The van der Waals surface area contributed by atoms with Crippen molar-refractivity contribution in [2.75, 3.05) is 38.6 Å². The van der Waals surface area contributed by atoms with Crippen LogP contribution in [0.1, 0.15) is 37.4 Å². The number of piperazine rings is 1. The number of imidazole rings is 1. The molecule has 0 spiro atoms. The van der Waals surface area contributed by atoms with Gasteiger partial charge in [0.25, 0.3) is 5.78 Å². The number of benzene rings is 2. The van der Waals surface area contributed by atoms with Crippen molar-refractivity contribution in [2.24, 2.45) is 0 Å². The maximum Gasteiger partial charge on any atom is 0.258 e. The standard InChI is InChI=1S/C30H35F2N9/c1-5-25-17-39(28-26-29(41-19-34-36-30(41)35-28)38(18-33-26)15-14-37(3)4)20(2)16-40(25)27(21-6-10-23(31)11-7-21)22-8-12-24(32)13-9-22/h6-13,18-20,25,27H,5,14-17H2,1-4H3/t20-,25+/m0/s1. The van der Waals surface area contributed by atoms with Crippen LogP contribution in [0.4, 0.5) is 14.6 Å². The van der Waals surface area contributed by atoms with Gasteiger partial charge >= 0.3 is 0 Å². The van der Waals surface area contributed by atoms with Gasteiger partial charge in [0.05, 0.1) is 12.4 Å². The number of halogens is 2. The first kappa shape index (κ1) is 27.2. The highest BCUT2D eigenvalue weighted by atomic mass is 19.1. The molecule has 1 fully saturated rings. The van der Waals surface area contributed by atoms with Crippen LogP contribution in [-0.2, 0) is 6.54 Å². The molecular weight excluding hydrogens is 524 g/mol. The molecule has 41 heavy (non-hydrogen) atoms. The molecule has 3 aromatic heterocycles. The van der Waals surface area contributed by atoms with E-state index in [9.17, 15) is 8.78 Å². The molecule has 0 unspecified atom stereocenters.